The minimum Gasteiger partial charge on any atom is -0.345 e. The van der Waals surface area contributed by atoms with E-state index in [4.69, 9.17) is 2.74 Å². The number of anilines is 2. The summed E-state index contributed by atoms with van der Waals surface area (Å²) >= 11 is 0. The summed E-state index contributed by atoms with van der Waals surface area (Å²) in [5, 5.41) is 0. The Morgan fingerprint density at radius 1 is 1.15 bits per heavy atom. The zero-order chi connectivity index (χ0) is 20.7. The van der Waals surface area contributed by atoms with Crippen molar-refractivity contribution < 1.29 is 7.54 Å². The second-order valence-corrected chi connectivity index (χ2v) is 6.89. The normalized spacial score (nSPS) is 12.3. The summed E-state index contributed by atoms with van der Waals surface area (Å²) < 4.78 is 18.5. The Kier molecular flexibility index (Phi) is 3.85. The fourth-order valence-electron chi connectivity index (χ4n) is 3.26. The van der Waals surface area contributed by atoms with E-state index in [9.17, 15) is 4.79 Å². The molecule has 0 N–H and O–H groups in total. The highest BCUT2D eigenvalue weighted by atomic mass is 16.2. The van der Waals surface area contributed by atoms with Crippen molar-refractivity contribution in [3.8, 4) is 0 Å². The third-order valence-corrected chi connectivity index (χ3v) is 4.78. The van der Waals surface area contributed by atoms with Gasteiger partial charge < -0.3 is 14.4 Å². The number of fused-ring (bicyclic) bond motifs is 1. The standard InChI is InChI=1S/C21H26N4O/c1-13-9-8-10-14(2)20(13)25(7)18-12-16(21(26)23(4)5)11-17-19(18)22-15(3)24(17)6/h8-12H,1-7H3/i7D2. The number of amides is 1. The quantitative estimate of drug-likeness (QED) is 0.716. The predicted molar refractivity (Wildman–Crippen MR) is 107 cm³/mol. The van der Waals surface area contributed by atoms with E-state index in [1.54, 1.807) is 25.1 Å². The molecule has 3 aromatic rings. The van der Waals surface area contributed by atoms with E-state index in [-0.39, 0.29) is 5.91 Å². The van der Waals surface area contributed by atoms with Gasteiger partial charge in [0.25, 0.3) is 5.91 Å². The summed E-state index contributed by atoms with van der Waals surface area (Å²) in [6.07, 6.45) is 0. The van der Waals surface area contributed by atoms with Gasteiger partial charge in [-0.3, -0.25) is 4.79 Å². The lowest BCUT2D eigenvalue weighted by Crippen LogP contribution is -2.22. The summed E-state index contributed by atoms with van der Waals surface area (Å²) in [6.45, 7) is 4.54. The van der Waals surface area contributed by atoms with Gasteiger partial charge in [-0.05, 0) is 44.0 Å². The third-order valence-electron chi connectivity index (χ3n) is 4.78. The molecule has 0 spiro atoms. The number of hydrogen-bond donors (Lipinski definition) is 0. The van der Waals surface area contributed by atoms with Crippen LogP contribution in [0.1, 0.15) is 30.1 Å². The van der Waals surface area contributed by atoms with Crippen LogP contribution in [-0.2, 0) is 7.05 Å². The van der Waals surface area contributed by atoms with Crippen molar-refractivity contribution in [3.63, 3.8) is 0 Å². The zero-order valence-electron chi connectivity index (χ0n) is 18.2. The minimum atomic E-state index is -1.30. The highest BCUT2D eigenvalue weighted by Crippen LogP contribution is 2.35. The number of rotatable bonds is 3. The summed E-state index contributed by atoms with van der Waals surface area (Å²) in [4.78, 5) is 20.6. The average molecular weight is 352 g/mol. The van der Waals surface area contributed by atoms with Gasteiger partial charge in [0.15, 0.2) is 0 Å². The molecule has 1 heterocycles. The van der Waals surface area contributed by atoms with Crippen molar-refractivity contribution in [3.05, 3.63) is 52.8 Å². The molecular formula is C21H26N4O. The SMILES string of the molecule is [2H]C([2H])N(c1c(C)cccc1C)c1cc(C(=O)N(C)C)cc2c1nc(C)n2C. The van der Waals surface area contributed by atoms with Crippen LogP contribution in [0, 0.1) is 20.8 Å². The summed E-state index contributed by atoms with van der Waals surface area (Å²) in [7, 11) is 5.32. The Labute approximate surface area is 157 Å². The molecule has 0 unspecified atom stereocenters. The van der Waals surface area contributed by atoms with Gasteiger partial charge in [0.05, 0.1) is 11.2 Å². The molecule has 26 heavy (non-hydrogen) atoms. The first-order valence-corrected chi connectivity index (χ1v) is 8.52. The van der Waals surface area contributed by atoms with Crippen LogP contribution in [0.25, 0.3) is 11.0 Å². The van der Waals surface area contributed by atoms with E-state index in [1.165, 1.54) is 4.90 Å². The van der Waals surface area contributed by atoms with E-state index in [1.807, 2.05) is 56.7 Å². The smallest absolute Gasteiger partial charge is 0.253 e. The third kappa shape index (κ3) is 2.83. The van der Waals surface area contributed by atoms with Crippen molar-refractivity contribution in [2.75, 3.05) is 26.0 Å². The van der Waals surface area contributed by atoms with Crippen LogP contribution in [0.3, 0.4) is 0 Å². The maximum absolute atomic E-state index is 12.7. The molecule has 136 valence electrons. The number of para-hydroxylation sites is 1. The van der Waals surface area contributed by atoms with Crippen molar-refractivity contribution in [1.29, 1.82) is 0 Å². The lowest BCUT2D eigenvalue weighted by atomic mass is 10.1. The molecule has 0 atom stereocenters. The number of aromatic nitrogens is 2. The fraction of sp³-hybridized carbons (Fsp3) is 0.333. The maximum atomic E-state index is 12.7. The second kappa shape index (κ2) is 6.48. The van der Waals surface area contributed by atoms with Crippen molar-refractivity contribution in [1.82, 2.24) is 14.5 Å². The topological polar surface area (TPSA) is 41.4 Å². The number of hydrogen-bond acceptors (Lipinski definition) is 3. The molecule has 1 aromatic heterocycles. The first kappa shape index (κ1) is 15.4. The predicted octanol–water partition coefficient (Wildman–Crippen LogP) is 3.97. The second-order valence-electron chi connectivity index (χ2n) is 6.89. The lowest BCUT2D eigenvalue weighted by molar-refractivity contribution is 0.0828. The van der Waals surface area contributed by atoms with Crippen LogP contribution in [-0.4, -0.2) is 41.5 Å². The number of aryl methyl sites for hydroxylation is 4. The van der Waals surface area contributed by atoms with Gasteiger partial charge in [0, 0.05) is 42.1 Å². The van der Waals surface area contributed by atoms with Crippen LogP contribution in [0.4, 0.5) is 11.4 Å². The van der Waals surface area contributed by atoms with E-state index in [0.29, 0.717) is 16.8 Å². The van der Waals surface area contributed by atoms with E-state index < -0.39 is 7.00 Å². The zero-order valence-corrected chi connectivity index (χ0v) is 16.2. The number of carbonyl (C=O) groups is 1. The monoisotopic (exact) mass is 352 g/mol. The van der Waals surface area contributed by atoms with Gasteiger partial charge >= 0.3 is 0 Å². The van der Waals surface area contributed by atoms with Crippen LogP contribution in [0.2, 0.25) is 0 Å². The van der Waals surface area contributed by atoms with Crippen molar-refractivity contribution in [2.45, 2.75) is 20.8 Å². The van der Waals surface area contributed by atoms with Crippen LogP contribution in [0.15, 0.2) is 30.3 Å². The Balaban J connectivity index is 2.38. The van der Waals surface area contributed by atoms with Crippen LogP contribution >= 0.6 is 0 Å². The summed E-state index contributed by atoms with van der Waals surface area (Å²) in [5.41, 5.74) is 5.33. The summed E-state index contributed by atoms with van der Waals surface area (Å²) in [5.74, 6) is 0.675. The molecule has 0 aliphatic heterocycles. The molecule has 5 heteroatoms. The van der Waals surface area contributed by atoms with E-state index in [0.717, 1.165) is 28.2 Å². The largest absolute Gasteiger partial charge is 0.345 e. The average Bonchev–Trinajstić information content (AvgIpc) is 2.91. The number of carbonyl (C=O) groups excluding carboxylic acids is 1. The van der Waals surface area contributed by atoms with E-state index in [2.05, 4.69) is 4.98 Å². The fourth-order valence-corrected chi connectivity index (χ4v) is 3.26. The van der Waals surface area contributed by atoms with E-state index >= 15 is 0 Å². The van der Waals surface area contributed by atoms with Gasteiger partial charge in [0.2, 0.25) is 0 Å². The maximum Gasteiger partial charge on any atom is 0.253 e. The molecule has 1 amide bonds. The molecular weight excluding hydrogens is 324 g/mol. The molecule has 5 nitrogen and oxygen atoms in total. The van der Waals surface area contributed by atoms with Gasteiger partial charge in [-0.1, -0.05) is 18.2 Å². The number of nitrogens with zero attached hydrogens (tertiary/aromatic N) is 4. The van der Waals surface area contributed by atoms with Gasteiger partial charge in [0.1, 0.15) is 11.3 Å². The Hall–Kier alpha value is -2.82. The van der Waals surface area contributed by atoms with Crippen LogP contribution < -0.4 is 4.90 Å². The van der Waals surface area contributed by atoms with Crippen molar-refractivity contribution >= 4 is 28.3 Å². The van der Waals surface area contributed by atoms with Crippen molar-refractivity contribution in [2.24, 2.45) is 7.05 Å². The molecule has 0 aliphatic rings. The molecule has 0 aliphatic carbocycles. The number of imidazole rings is 1. The first-order chi connectivity index (χ1) is 13.1. The van der Waals surface area contributed by atoms with Gasteiger partial charge in [-0.2, -0.15) is 0 Å². The molecule has 2 aromatic carbocycles. The molecule has 0 saturated heterocycles. The summed E-state index contributed by atoms with van der Waals surface area (Å²) in [6, 6.07) is 9.47. The Morgan fingerprint density at radius 3 is 2.38 bits per heavy atom. The Morgan fingerprint density at radius 2 is 1.81 bits per heavy atom. The first-order valence-electron chi connectivity index (χ1n) is 9.67. The molecule has 3 rings (SSSR count). The lowest BCUT2D eigenvalue weighted by Gasteiger charge is -2.25. The number of benzene rings is 2. The van der Waals surface area contributed by atoms with Crippen LogP contribution in [0.5, 0.6) is 0 Å². The molecule has 0 fully saturated rings. The molecule has 0 radical (unpaired) electrons. The van der Waals surface area contributed by atoms with Gasteiger partial charge in [-0.25, -0.2) is 4.98 Å². The Bertz CT molecular complexity index is 1040. The molecule has 0 bridgehead atoms. The van der Waals surface area contributed by atoms with Gasteiger partial charge in [-0.15, -0.1) is 0 Å². The molecule has 0 saturated carbocycles. The highest BCUT2D eigenvalue weighted by molar-refractivity contribution is 6.02. The minimum absolute atomic E-state index is 0.130. The highest BCUT2D eigenvalue weighted by Gasteiger charge is 2.20.